The van der Waals surface area contributed by atoms with Gasteiger partial charge in [0.25, 0.3) is 0 Å². The second kappa shape index (κ2) is 12.7. The number of aliphatic hydroxyl groups is 1. The van der Waals surface area contributed by atoms with E-state index in [1.165, 1.54) is 0 Å². The van der Waals surface area contributed by atoms with Crippen LogP contribution in [-0.2, 0) is 4.79 Å². The standard InChI is InChI=1S/C17H38N4O2/c1-6-13-21(5,14-10-16(22)18-4)15-11-19-17(23)9-12-20(7-2)8-3/h16,18,22H,6-15H2,1-5H3/p+1. The van der Waals surface area contributed by atoms with E-state index in [0.717, 1.165) is 56.6 Å². The van der Waals surface area contributed by atoms with Crippen molar-refractivity contribution >= 4 is 5.91 Å². The normalized spacial score (nSPS) is 15.4. The molecular formula is C17H39N4O2+. The summed E-state index contributed by atoms with van der Waals surface area (Å²) in [7, 11) is 3.97. The van der Waals surface area contributed by atoms with Crippen LogP contribution in [0.15, 0.2) is 0 Å². The third kappa shape index (κ3) is 10.7. The lowest BCUT2D eigenvalue weighted by molar-refractivity contribution is -0.909. The van der Waals surface area contributed by atoms with E-state index in [-0.39, 0.29) is 5.91 Å². The van der Waals surface area contributed by atoms with Crippen LogP contribution >= 0.6 is 0 Å². The van der Waals surface area contributed by atoms with E-state index in [1.807, 2.05) is 0 Å². The topological polar surface area (TPSA) is 64.6 Å². The Hall–Kier alpha value is -0.690. The first kappa shape index (κ1) is 22.3. The summed E-state index contributed by atoms with van der Waals surface area (Å²) < 4.78 is 0.881. The van der Waals surface area contributed by atoms with E-state index >= 15 is 0 Å². The highest BCUT2D eigenvalue weighted by Crippen LogP contribution is 2.06. The lowest BCUT2D eigenvalue weighted by Crippen LogP contribution is -2.51. The fraction of sp³-hybridized carbons (Fsp3) is 0.941. The molecule has 0 aliphatic rings. The molecular weight excluding hydrogens is 292 g/mol. The maximum absolute atomic E-state index is 11.9. The molecule has 0 aliphatic heterocycles. The number of likely N-dealkylation sites (N-methyl/N-ethyl adjacent to an activating group) is 1. The minimum atomic E-state index is -0.451. The van der Waals surface area contributed by atoms with Crippen LogP contribution in [0.5, 0.6) is 0 Å². The van der Waals surface area contributed by atoms with Crippen LogP contribution in [0.2, 0.25) is 0 Å². The molecule has 6 heteroatoms. The third-order valence-corrected chi connectivity index (χ3v) is 4.56. The van der Waals surface area contributed by atoms with Gasteiger partial charge in [-0.2, -0.15) is 0 Å². The van der Waals surface area contributed by atoms with Crippen LogP contribution in [-0.4, -0.2) is 86.5 Å². The van der Waals surface area contributed by atoms with E-state index in [4.69, 9.17) is 0 Å². The summed E-state index contributed by atoms with van der Waals surface area (Å²) in [4.78, 5) is 14.2. The number of hydrogen-bond acceptors (Lipinski definition) is 4. The van der Waals surface area contributed by atoms with Gasteiger partial charge >= 0.3 is 0 Å². The van der Waals surface area contributed by atoms with Gasteiger partial charge < -0.3 is 19.8 Å². The molecule has 0 saturated heterocycles. The number of aliphatic hydroxyl groups excluding tert-OH is 1. The molecule has 3 N–H and O–H groups in total. The molecule has 0 spiro atoms. The molecule has 0 saturated carbocycles. The summed E-state index contributed by atoms with van der Waals surface area (Å²) in [5.41, 5.74) is 0. The van der Waals surface area contributed by atoms with Gasteiger partial charge in [0, 0.05) is 19.4 Å². The summed E-state index contributed by atoms with van der Waals surface area (Å²) in [5.74, 6) is 0.134. The van der Waals surface area contributed by atoms with Crippen molar-refractivity contribution in [3.8, 4) is 0 Å². The highest BCUT2D eigenvalue weighted by molar-refractivity contribution is 5.76. The predicted octanol–water partition coefficient (Wildman–Crippen LogP) is 0.619. The van der Waals surface area contributed by atoms with Crippen molar-refractivity contribution in [2.75, 3.05) is 59.9 Å². The SMILES string of the molecule is CCC[N+](C)(CCNC(=O)CCN(CC)CC)CCC(O)NC. The lowest BCUT2D eigenvalue weighted by atomic mass is 10.2. The van der Waals surface area contributed by atoms with Crippen LogP contribution in [0.25, 0.3) is 0 Å². The number of quaternary nitrogens is 1. The molecule has 138 valence electrons. The van der Waals surface area contributed by atoms with Gasteiger partial charge in [0.05, 0.1) is 33.2 Å². The molecule has 0 heterocycles. The molecule has 2 unspecified atom stereocenters. The zero-order valence-electron chi connectivity index (χ0n) is 15.9. The molecule has 0 aromatic carbocycles. The van der Waals surface area contributed by atoms with Crippen LogP contribution in [0.1, 0.15) is 40.0 Å². The minimum absolute atomic E-state index is 0.134. The molecule has 6 nitrogen and oxygen atoms in total. The molecule has 0 fully saturated rings. The predicted molar refractivity (Wildman–Crippen MR) is 96.2 cm³/mol. The summed E-state index contributed by atoms with van der Waals surface area (Å²) in [5, 5.41) is 15.6. The molecule has 0 aromatic heterocycles. The third-order valence-electron chi connectivity index (χ3n) is 4.56. The summed E-state index contributed by atoms with van der Waals surface area (Å²) >= 11 is 0. The van der Waals surface area contributed by atoms with Crippen LogP contribution in [0, 0.1) is 0 Å². The Balaban J connectivity index is 4.13. The van der Waals surface area contributed by atoms with Gasteiger partial charge in [-0.1, -0.05) is 20.8 Å². The van der Waals surface area contributed by atoms with Crippen molar-refractivity contribution in [1.82, 2.24) is 15.5 Å². The van der Waals surface area contributed by atoms with Crippen molar-refractivity contribution in [2.24, 2.45) is 0 Å². The molecule has 23 heavy (non-hydrogen) atoms. The molecule has 1 amide bonds. The van der Waals surface area contributed by atoms with E-state index in [0.29, 0.717) is 13.0 Å². The van der Waals surface area contributed by atoms with Crippen molar-refractivity contribution in [2.45, 2.75) is 46.3 Å². The molecule has 0 bridgehead atoms. The zero-order chi connectivity index (χ0) is 17.7. The van der Waals surface area contributed by atoms with E-state index in [1.54, 1.807) is 7.05 Å². The molecule has 0 rings (SSSR count). The second-order valence-corrected chi connectivity index (χ2v) is 6.51. The first-order chi connectivity index (χ1) is 10.9. The Kier molecular flexibility index (Phi) is 12.3. The van der Waals surface area contributed by atoms with Crippen molar-refractivity contribution in [1.29, 1.82) is 0 Å². The Bertz CT molecular complexity index is 311. The zero-order valence-corrected chi connectivity index (χ0v) is 15.9. The number of carbonyl (C=O) groups is 1. The molecule has 0 aromatic rings. The van der Waals surface area contributed by atoms with Crippen molar-refractivity contribution in [3.05, 3.63) is 0 Å². The number of amides is 1. The van der Waals surface area contributed by atoms with E-state index in [9.17, 15) is 9.90 Å². The van der Waals surface area contributed by atoms with Gasteiger partial charge in [0.1, 0.15) is 6.23 Å². The highest BCUT2D eigenvalue weighted by atomic mass is 16.3. The maximum atomic E-state index is 11.9. The van der Waals surface area contributed by atoms with Gasteiger partial charge in [0.2, 0.25) is 5.91 Å². The van der Waals surface area contributed by atoms with Crippen molar-refractivity contribution in [3.63, 3.8) is 0 Å². The number of hydrogen-bond donors (Lipinski definition) is 3. The van der Waals surface area contributed by atoms with Gasteiger partial charge in [-0.15, -0.1) is 0 Å². The van der Waals surface area contributed by atoms with Gasteiger partial charge in [-0.25, -0.2) is 0 Å². The van der Waals surface area contributed by atoms with Crippen LogP contribution in [0.3, 0.4) is 0 Å². The largest absolute Gasteiger partial charge is 0.378 e. The Morgan fingerprint density at radius 1 is 1.17 bits per heavy atom. The molecule has 0 radical (unpaired) electrons. The molecule has 0 aliphatic carbocycles. The second-order valence-electron chi connectivity index (χ2n) is 6.51. The average molecular weight is 332 g/mol. The molecule has 2 atom stereocenters. The Labute approximate surface area is 142 Å². The van der Waals surface area contributed by atoms with Crippen LogP contribution < -0.4 is 10.6 Å². The summed E-state index contributed by atoms with van der Waals surface area (Å²) in [6.07, 6.45) is 1.94. The first-order valence-corrected chi connectivity index (χ1v) is 9.08. The quantitative estimate of drug-likeness (QED) is 0.322. The number of nitrogens with zero attached hydrogens (tertiary/aromatic N) is 2. The Morgan fingerprint density at radius 2 is 1.83 bits per heavy atom. The van der Waals surface area contributed by atoms with E-state index < -0.39 is 6.23 Å². The smallest absolute Gasteiger partial charge is 0.221 e. The van der Waals surface area contributed by atoms with Crippen molar-refractivity contribution < 1.29 is 14.4 Å². The summed E-state index contributed by atoms with van der Waals surface area (Å²) in [6.45, 7) is 12.8. The first-order valence-electron chi connectivity index (χ1n) is 9.08. The number of nitrogens with one attached hydrogen (secondary N) is 2. The highest BCUT2D eigenvalue weighted by Gasteiger charge is 2.21. The average Bonchev–Trinajstić information content (AvgIpc) is 2.54. The summed E-state index contributed by atoms with van der Waals surface area (Å²) in [6, 6.07) is 0. The fourth-order valence-corrected chi connectivity index (χ4v) is 2.81. The van der Waals surface area contributed by atoms with E-state index in [2.05, 4.69) is 43.4 Å². The van der Waals surface area contributed by atoms with Gasteiger partial charge in [-0.05, 0) is 26.6 Å². The maximum Gasteiger partial charge on any atom is 0.221 e. The van der Waals surface area contributed by atoms with Gasteiger partial charge in [-0.3, -0.25) is 10.1 Å². The Morgan fingerprint density at radius 3 is 2.35 bits per heavy atom. The minimum Gasteiger partial charge on any atom is -0.378 e. The van der Waals surface area contributed by atoms with Gasteiger partial charge in [0.15, 0.2) is 0 Å². The van der Waals surface area contributed by atoms with Crippen LogP contribution in [0.4, 0.5) is 0 Å². The fourth-order valence-electron chi connectivity index (χ4n) is 2.81. The number of carbonyl (C=O) groups excluding carboxylic acids is 1. The monoisotopic (exact) mass is 331 g/mol. The lowest BCUT2D eigenvalue weighted by Gasteiger charge is -2.35. The number of rotatable bonds is 14.